The summed E-state index contributed by atoms with van der Waals surface area (Å²) in [5.41, 5.74) is 1.34. The fraction of sp³-hybridized carbons (Fsp3) is 0.450. The predicted molar refractivity (Wildman–Crippen MR) is 97.5 cm³/mol. The van der Waals surface area contributed by atoms with Crippen molar-refractivity contribution in [2.75, 3.05) is 7.05 Å². The number of hydrogen-bond donors (Lipinski definition) is 2. The molecule has 6 nitrogen and oxygen atoms in total. The number of aliphatic carboxylic acids is 1. The van der Waals surface area contributed by atoms with E-state index in [2.05, 4.69) is 5.32 Å². The van der Waals surface area contributed by atoms with Crippen molar-refractivity contribution in [2.45, 2.75) is 44.2 Å². The maximum absolute atomic E-state index is 12.7. The molecule has 0 radical (unpaired) electrons. The summed E-state index contributed by atoms with van der Waals surface area (Å²) in [4.78, 5) is 37.5. The molecular weight excluding hydrogens is 332 g/mol. The van der Waals surface area contributed by atoms with Crippen LogP contribution in [0.2, 0.25) is 0 Å². The number of carboxylic acids is 1. The van der Waals surface area contributed by atoms with E-state index in [-0.39, 0.29) is 17.9 Å². The number of hydrogen-bond acceptors (Lipinski definition) is 3. The number of carboxylic acid groups (broad SMARTS) is 1. The van der Waals surface area contributed by atoms with Crippen molar-refractivity contribution in [3.63, 3.8) is 0 Å². The van der Waals surface area contributed by atoms with Gasteiger partial charge in [0.25, 0.3) is 5.91 Å². The Kier molecular flexibility index (Phi) is 5.40. The summed E-state index contributed by atoms with van der Waals surface area (Å²) in [6.45, 7) is 0. The highest BCUT2D eigenvalue weighted by atomic mass is 16.4. The van der Waals surface area contributed by atoms with Crippen LogP contribution in [0.15, 0.2) is 30.3 Å². The Morgan fingerprint density at radius 3 is 2.50 bits per heavy atom. The lowest BCUT2D eigenvalue weighted by molar-refractivity contribution is -0.147. The van der Waals surface area contributed by atoms with Gasteiger partial charge in [-0.1, -0.05) is 25.0 Å². The monoisotopic (exact) mass is 356 g/mol. The van der Waals surface area contributed by atoms with Gasteiger partial charge in [-0.2, -0.15) is 0 Å². The van der Waals surface area contributed by atoms with Crippen LogP contribution in [-0.4, -0.2) is 46.9 Å². The largest absolute Gasteiger partial charge is 0.480 e. The Labute approximate surface area is 152 Å². The lowest BCUT2D eigenvalue weighted by Crippen LogP contribution is -2.45. The second-order valence-corrected chi connectivity index (χ2v) is 6.98. The molecule has 1 aliphatic carbocycles. The minimum atomic E-state index is -0.920. The first-order chi connectivity index (χ1) is 12.5. The molecule has 1 aromatic carbocycles. The van der Waals surface area contributed by atoms with Gasteiger partial charge in [0.2, 0.25) is 5.91 Å². The number of amides is 2. The minimum absolute atomic E-state index is 0.0395. The van der Waals surface area contributed by atoms with Crippen molar-refractivity contribution < 1.29 is 19.5 Å². The molecule has 3 unspecified atom stereocenters. The lowest BCUT2D eigenvalue weighted by atomic mass is 9.85. The maximum atomic E-state index is 12.7. The van der Waals surface area contributed by atoms with Crippen LogP contribution in [0.25, 0.3) is 6.08 Å². The van der Waals surface area contributed by atoms with E-state index < -0.39 is 12.0 Å². The molecule has 1 saturated heterocycles. The van der Waals surface area contributed by atoms with Crippen molar-refractivity contribution in [3.8, 4) is 0 Å². The van der Waals surface area contributed by atoms with Crippen LogP contribution in [0, 0.1) is 5.92 Å². The van der Waals surface area contributed by atoms with Gasteiger partial charge in [-0.15, -0.1) is 0 Å². The molecule has 1 aliphatic heterocycles. The molecule has 2 amide bonds. The summed E-state index contributed by atoms with van der Waals surface area (Å²) in [6.07, 6.45) is 7.72. The van der Waals surface area contributed by atoms with E-state index in [0.29, 0.717) is 17.9 Å². The van der Waals surface area contributed by atoms with Crippen molar-refractivity contribution in [2.24, 2.45) is 5.92 Å². The first kappa shape index (κ1) is 18.2. The zero-order valence-corrected chi connectivity index (χ0v) is 14.9. The highest BCUT2D eigenvalue weighted by Gasteiger charge is 2.46. The third-order valence-electron chi connectivity index (χ3n) is 5.45. The van der Waals surface area contributed by atoms with Crippen LogP contribution < -0.4 is 5.32 Å². The molecule has 1 saturated carbocycles. The Balaban J connectivity index is 1.74. The second kappa shape index (κ2) is 7.72. The molecule has 2 N–H and O–H groups in total. The Morgan fingerprint density at radius 2 is 1.85 bits per heavy atom. The third-order valence-corrected chi connectivity index (χ3v) is 5.45. The number of carbonyl (C=O) groups is 3. The summed E-state index contributed by atoms with van der Waals surface area (Å²) in [7, 11) is 1.57. The SMILES string of the molecule is CNC(=O)c1ccc(/C=C/C(=O)N2C(C(=O)O)CC3CCCCC32)cc1. The van der Waals surface area contributed by atoms with Crippen molar-refractivity contribution >= 4 is 23.9 Å². The standard InChI is InChI=1S/C20H24N2O4/c1-21-19(24)14-9-6-13(7-10-14)8-11-18(23)22-16-5-3-2-4-15(16)12-17(22)20(25)26/h6-11,15-17H,2-5,12H2,1H3,(H,21,24)(H,25,26)/b11-8+. The number of benzene rings is 1. The summed E-state index contributed by atoms with van der Waals surface area (Å²) in [6, 6.07) is 6.22. The summed E-state index contributed by atoms with van der Waals surface area (Å²) >= 11 is 0. The number of fused-ring (bicyclic) bond motifs is 1. The van der Waals surface area contributed by atoms with Gasteiger partial charge in [0.05, 0.1) is 0 Å². The Morgan fingerprint density at radius 1 is 1.15 bits per heavy atom. The second-order valence-electron chi connectivity index (χ2n) is 6.98. The van der Waals surface area contributed by atoms with Gasteiger partial charge in [-0.05, 0) is 49.0 Å². The molecule has 2 aliphatic rings. The smallest absolute Gasteiger partial charge is 0.326 e. The molecule has 1 heterocycles. The molecular formula is C20H24N2O4. The quantitative estimate of drug-likeness (QED) is 0.811. The van der Waals surface area contributed by atoms with Gasteiger partial charge in [-0.25, -0.2) is 4.79 Å². The van der Waals surface area contributed by atoms with E-state index in [1.165, 1.54) is 6.08 Å². The summed E-state index contributed by atoms with van der Waals surface area (Å²) in [5.74, 6) is -1.03. The van der Waals surface area contributed by atoms with Crippen LogP contribution in [0.4, 0.5) is 0 Å². The Hall–Kier alpha value is -2.63. The van der Waals surface area contributed by atoms with E-state index in [1.807, 2.05) is 0 Å². The first-order valence-corrected chi connectivity index (χ1v) is 9.06. The normalized spacial score (nSPS) is 25.1. The Bertz CT molecular complexity index is 726. The van der Waals surface area contributed by atoms with Crippen LogP contribution >= 0.6 is 0 Å². The average Bonchev–Trinajstić information content (AvgIpc) is 3.06. The van der Waals surface area contributed by atoms with E-state index in [0.717, 1.165) is 31.2 Å². The fourth-order valence-electron chi connectivity index (χ4n) is 4.14. The first-order valence-electron chi connectivity index (χ1n) is 9.06. The summed E-state index contributed by atoms with van der Waals surface area (Å²) < 4.78 is 0. The number of likely N-dealkylation sites (tertiary alicyclic amines) is 1. The van der Waals surface area contributed by atoms with Gasteiger partial charge in [0.15, 0.2) is 0 Å². The summed E-state index contributed by atoms with van der Waals surface area (Å²) in [5, 5.41) is 12.1. The molecule has 2 fully saturated rings. The van der Waals surface area contributed by atoms with Crippen LogP contribution in [0.1, 0.15) is 48.0 Å². The van der Waals surface area contributed by atoms with E-state index in [9.17, 15) is 19.5 Å². The molecule has 0 spiro atoms. The lowest BCUT2D eigenvalue weighted by Gasteiger charge is -2.32. The van der Waals surface area contributed by atoms with Crippen LogP contribution in [0.5, 0.6) is 0 Å². The van der Waals surface area contributed by atoms with Crippen molar-refractivity contribution in [1.29, 1.82) is 0 Å². The van der Waals surface area contributed by atoms with E-state index >= 15 is 0 Å². The predicted octanol–water partition coefficient (Wildman–Crippen LogP) is 2.30. The zero-order valence-electron chi connectivity index (χ0n) is 14.9. The van der Waals surface area contributed by atoms with Crippen LogP contribution in [-0.2, 0) is 9.59 Å². The number of nitrogens with zero attached hydrogens (tertiary/aromatic N) is 1. The topological polar surface area (TPSA) is 86.7 Å². The number of carbonyl (C=O) groups excluding carboxylic acids is 2. The molecule has 0 bridgehead atoms. The van der Waals surface area contributed by atoms with Crippen molar-refractivity contribution in [3.05, 3.63) is 41.5 Å². The molecule has 0 aromatic heterocycles. The van der Waals surface area contributed by atoms with Gasteiger partial charge in [-0.3, -0.25) is 9.59 Å². The molecule has 3 atom stereocenters. The average molecular weight is 356 g/mol. The van der Waals surface area contributed by atoms with Gasteiger partial charge < -0.3 is 15.3 Å². The van der Waals surface area contributed by atoms with E-state index in [4.69, 9.17) is 0 Å². The van der Waals surface area contributed by atoms with Gasteiger partial charge in [0.1, 0.15) is 6.04 Å². The number of rotatable bonds is 4. The molecule has 1 aromatic rings. The van der Waals surface area contributed by atoms with Gasteiger partial charge >= 0.3 is 5.97 Å². The number of nitrogens with one attached hydrogen (secondary N) is 1. The fourth-order valence-corrected chi connectivity index (χ4v) is 4.14. The van der Waals surface area contributed by atoms with Crippen LogP contribution in [0.3, 0.4) is 0 Å². The highest BCUT2D eigenvalue weighted by molar-refractivity contribution is 5.96. The minimum Gasteiger partial charge on any atom is -0.480 e. The zero-order chi connectivity index (χ0) is 18.7. The van der Waals surface area contributed by atoms with E-state index in [1.54, 1.807) is 42.3 Å². The third kappa shape index (κ3) is 3.64. The maximum Gasteiger partial charge on any atom is 0.326 e. The van der Waals surface area contributed by atoms with Crippen molar-refractivity contribution in [1.82, 2.24) is 10.2 Å². The highest BCUT2D eigenvalue weighted by Crippen LogP contribution is 2.39. The molecule has 3 rings (SSSR count). The van der Waals surface area contributed by atoms with Gasteiger partial charge in [0, 0.05) is 24.7 Å². The molecule has 26 heavy (non-hydrogen) atoms. The molecule has 138 valence electrons. The molecule has 6 heteroatoms.